The van der Waals surface area contributed by atoms with Gasteiger partial charge in [0.15, 0.2) is 6.10 Å². The largest absolute Gasteiger partial charge is 0.469 e. The molecule has 2 aromatic heterocycles. The van der Waals surface area contributed by atoms with Gasteiger partial charge in [-0.15, -0.1) is 11.3 Å². The molecule has 0 aliphatic heterocycles. The van der Waals surface area contributed by atoms with Gasteiger partial charge in [-0.1, -0.05) is 6.42 Å². The summed E-state index contributed by atoms with van der Waals surface area (Å²) in [5.41, 5.74) is 1.62. The molecule has 1 aliphatic rings. The number of amides is 1. The first-order valence-corrected chi connectivity index (χ1v) is 9.97. The third kappa shape index (κ3) is 4.77. The van der Waals surface area contributed by atoms with Crippen LogP contribution in [0, 0.1) is 11.3 Å². The summed E-state index contributed by atoms with van der Waals surface area (Å²) in [6, 6.07) is 5.77. The number of hydrogen-bond acceptors (Lipinski definition) is 6. The minimum absolute atomic E-state index is 0.141. The maximum Gasteiger partial charge on any atom is 0.307 e. The molecule has 2 aromatic rings. The highest BCUT2D eigenvalue weighted by molar-refractivity contribution is 7.16. The number of esters is 1. The molecule has 0 unspecified atom stereocenters. The molecule has 3 rings (SSSR count). The first kappa shape index (κ1) is 19.2. The minimum atomic E-state index is -0.928. The van der Waals surface area contributed by atoms with Crippen molar-refractivity contribution in [3.63, 3.8) is 0 Å². The number of fused-ring (bicyclic) bond motifs is 1. The first-order valence-electron chi connectivity index (χ1n) is 9.16. The van der Waals surface area contributed by atoms with Crippen LogP contribution in [-0.2, 0) is 33.6 Å². The Balaban J connectivity index is 1.58. The topological polar surface area (TPSA) is 92.3 Å². The van der Waals surface area contributed by atoms with Crippen LogP contribution < -0.4 is 5.32 Å². The number of nitriles is 1. The number of thiophene rings is 1. The molecule has 1 amide bonds. The van der Waals surface area contributed by atoms with Crippen LogP contribution in [0.3, 0.4) is 0 Å². The average molecular weight is 386 g/mol. The molecule has 1 atom stereocenters. The molecule has 0 bridgehead atoms. The van der Waals surface area contributed by atoms with Crippen molar-refractivity contribution in [2.24, 2.45) is 0 Å². The van der Waals surface area contributed by atoms with E-state index in [0.717, 1.165) is 31.2 Å². The molecule has 6 nitrogen and oxygen atoms in total. The van der Waals surface area contributed by atoms with Crippen LogP contribution >= 0.6 is 11.3 Å². The number of nitrogens with zero attached hydrogens (tertiary/aromatic N) is 1. The maximum atomic E-state index is 12.4. The van der Waals surface area contributed by atoms with Gasteiger partial charge in [-0.3, -0.25) is 9.59 Å². The minimum Gasteiger partial charge on any atom is -0.469 e. The van der Waals surface area contributed by atoms with E-state index in [1.54, 1.807) is 18.4 Å². The van der Waals surface area contributed by atoms with Crippen LogP contribution in [0.5, 0.6) is 0 Å². The van der Waals surface area contributed by atoms with E-state index in [9.17, 15) is 14.9 Å². The SMILES string of the molecule is C[C@@H](OC(=O)CCc1ccco1)C(=O)Nc1sc2c(c1C#N)CCCCC2. The van der Waals surface area contributed by atoms with Crippen molar-refractivity contribution in [2.45, 2.75) is 58.0 Å². The quantitative estimate of drug-likeness (QED) is 0.599. The van der Waals surface area contributed by atoms with Crippen molar-refractivity contribution in [3.8, 4) is 6.07 Å². The fraction of sp³-hybridized carbons (Fsp3) is 0.450. The molecule has 27 heavy (non-hydrogen) atoms. The molecule has 2 heterocycles. The van der Waals surface area contributed by atoms with Crippen molar-refractivity contribution in [1.82, 2.24) is 0 Å². The van der Waals surface area contributed by atoms with Crippen molar-refractivity contribution in [1.29, 1.82) is 5.26 Å². The predicted octanol–water partition coefficient (Wildman–Crippen LogP) is 3.98. The Labute approximate surface area is 162 Å². The number of aryl methyl sites for hydroxylation is 2. The second kappa shape index (κ2) is 8.87. The van der Waals surface area contributed by atoms with E-state index in [4.69, 9.17) is 9.15 Å². The molecule has 0 aromatic carbocycles. The summed E-state index contributed by atoms with van der Waals surface area (Å²) < 4.78 is 10.4. The Morgan fingerprint density at radius 3 is 2.93 bits per heavy atom. The van der Waals surface area contributed by atoms with Crippen molar-refractivity contribution >= 4 is 28.2 Å². The predicted molar refractivity (Wildman–Crippen MR) is 102 cm³/mol. The number of rotatable bonds is 6. The van der Waals surface area contributed by atoms with Crippen LogP contribution in [-0.4, -0.2) is 18.0 Å². The molecule has 1 aliphatic carbocycles. The van der Waals surface area contributed by atoms with Gasteiger partial charge in [-0.25, -0.2) is 0 Å². The normalized spacial score (nSPS) is 14.5. The first-order chi connectivity index (χ1) is 13.1. The number of hydrogen-bond donors (Lipinski definition) is 1. The van der Waals surface area contributed by atoms with E-state index < -0.39 is 18.0 Å². The third-order valence-electron chi connectivity index (χ3n) is 4.60. The van der Waals surface area contributed by atoms with Crippen LogP contribution in [0.15, 0.2) is 22.8 Å². The zero-order valence-electron chi connectivity index (χ0n) is 15.2. The van der Waals surface area contributed by atoms with Crippen molar-refractivity contribution < 1.29 is 18.7 Å². The van der Waals surface area contributed by atoms with Gasteiger partial charge in [0.2, 0.25) is 0 Å². The second-order valence-electron chi connectivity index (χ2n) is 6.58. The smallest absolute Gasteiger partial charge is 0.307 e. The fourth-order valence-electron chi connectivity index (χ4n) is 3.15. The molecule has 0 radical (unpaired) electrons. The van der Waals surface area contributed by atoms with E-state index >= 15 is 0 Å². The van der Waals surface area contributed by atoms with E-state index in [-0.39, 0.29) is 6.42 Å². The number of ether oxygens (including phenoxy) is 1. The highest BCUT2D eigenvalue weighted by Gasteiger charge is 2.24. The lowest BCUT2D eigenvalue weighted by atomic mass is 10.1. The molecule has 142 valence electrons. The third-order valence-corrected chi connectivity index (χ3v) is 5.81. The van der Waals surface area contributed by atoms with Gasteiger partial charge in [0.1, 0.15) is 16.8 Å². The maximum absolute atomic E-state index is 12.4. The molecule has 7 heteroatoms. The zero-order chi connectivity index (χ0) is 19.2. The van der Waals surface area contributed by atoms with Gasteiger partial charge >= 0.3 is 5.97 Å². The van der Waals surface area contributed by atoms with Gasteiger partial charge in [-0.2, -0.15) is 5.26 Å². The van der Waals surface area contributed by atoms with Gasteiger partial charge in [0.25, 0.3) is 5.91 Å². The molecular formula is C20H22N2O4S. The number of nitrogens with one attached hydrogen (secondary N) is 1. The highest BCUT2D eigenvalue weighted by atomic mass is 32.1. The van der Waals surface area contributed by atoms with Gasteiger partial charge < -0.3 is 14.5 Å². The van der Waals surface area contributed by atoms with Crippen LogP contribution in [0.25, 0.3) is 0 Å². The zero-order valence-corrected chi connectivity index (χ0v) is 16.1. The summed E-state index contributed by atoms with van der Waals surface area (Å²) in [6.07, 6.45) is 6.35. The summed E-state index contributed by atoms with van der Waals surface area (Å²) >= 11 is 1.47. The van der Waals surface area contributed by atoms with Gasteiger partial charge in [-0.05, 0) is 50.3 Å². The van der Waals surface area contributed by atoms with Crippen LogP contribution in [0.1, 0.15) is 54.4 Å². The molecule has 0 spiro atoms. The molecule has 1 N–H and O–H groups in total. The van der Waals surface area contributed by atoms with Crippen molar-refractivity contribution in [2.75, 3.05) is 5.32 Å². The molecule has 0 saturated heterocycles. The fourth-order valence-corrected chi connectivity index (χ4v) is 4.39. The monoisotopic (exact) mass is 386 g/mol. The molecular weight excluding hydrogens is 364 g/mol. The summed E-state index contributed by atoms with van der Waals surface area (Å²) in [4.78, 5) is 25.5. The van der Waals surface area contributed by atoms with E-state index in [2.05, 4.69) is 11.4 Å². The summed E-state index contributed by atoms with van der Waals surface area (Å²) in [7, 11) is 0. The Morgan fingerprint density at radius 2 is 2.19 bits per heavy atom. The number of carbonyl (C=O) groups is 2. The Kier molecular flexibility index (Phi) is 6.30. The summed E-state index contributed by atoms with van der Waals surface area (Å²) in [5, 5.41) is 12.9. The van der Waals surface area contributed by atoms with Gasteiger partial charge in [0, 0.05) is 11.3 Å². The van der Waals surface area contributed by atoms with Gasteiger partial charge in [0.05, 0.1) is 18.2 Å². The van der Waals surface area contributed by atoms with Crippen LogP contribution in [0.2, 0.25) is 0 Å². The number of furan rings is 1. The highest BCUT2D eigenvalue weighted by Crippen LogP contribution is 2.37. The Hall–Kier alpha value is -2.59. The van der Waals surface area contributed by atoms with E-state index in [0.29, 0.717) is 22.7 Å². The van der Waals surface area contributed by atoms with E-state index in [1.807, 2.05) is 0 Å². The lowest BCUT2D eigenvalue weighted by Gasteiger charge is -2.13. The Bertz CT molecular complexity index is 848. The summed E-state index contributed by atoms with van der Waals surface area (Å²) in [5.74, 6) is -0.187. The Morgan fingerprint density at radius 1 is 1.37 bits per heavy atom. The van der Waals surface area contributed by atoms with Crippen molar-refractivity contribution in [3.05, 3.63) is 40.2 Å². The lowest BCUT2D eigenvalue weighted by Crippen LogP contribution is -2.30. The molecule has 0 saturated carbocycles. The lowest BCUT2D eigenvalue weighted by molar-refractivity contribution is -0.153. The summed E-state index contributed by atoms with van der Waals surface area (Å²) in [6.45, 7) is 1.53. The molecule has 0 fully saturated rings. The van der Waals surface area contributed by atoms with E-state index in [1.165, 1.54) is 29.6 Å². The van der Waals surface area contributed by atoms with Crippen LogP contribution in [0.4, 0.5) is 5.00 Å². The number of anilines is 1. The second-order valence-corrected chi connectivity index (χ2v) is 7.69. The standard InChI is InChI=1S/C20H22N2O4S/c1-13(26-18(23)10-9-14-6-5-11-25-14)19(24)22-20-16(12-21)15-7-3-2-4-8-17(15)27-20/h5-6,11,13H,2-4,7-10H2,1H3,(H,22,24)/t13-/m1/s1. The number of carbonyl (C=O) groups excluding carboxylic acids is 2. The average Bonchev–Trinajstić information content (AvgIpc) is 3.22.